The number of nitrogens with zero attached hydrogens (tertiary/aromatic N) is 4. The largest absolute Gasteiger partial charge is 0.507 e. The standard InChI is InChI=1S/C22H13ClN4O3S/c23-14-3-4-15-16(10-14)31-22(26-15)27-18(13-2-1-7-25-11-13)17(20(29)21(27)30)19(28)12-5-8-24-9-6-12/h1-11,18,28H/b19-17+. The minimum Gasteiger partial charge on any atom is -0.507 e. The lowest BCUT2D eigenvalue weighted by Crippen LogP contribution is -2.29. The van der Waals surface area contributed by atoms with Gasteiger partial charge in [0.25, 0.3) is 5.78 Å². The van der Waals surface area contributed by atoms with E-state index < -0.39 is 17.7 Å². The van der Waals surface area contributed by atoms with E-state index in [-0.39, 0.29) is 11.3 Å². The normalized spacial score (nSPS) is 18.1. The van der Waals surface area contributed by atoms with E-state index in [0.717, 1.165) is 4.70 Å². The number of Topliss-reactive ketones (excluding diaryl/α,β-unsaturated/α-hetero) is 1. The van der Waals surface area contributed by atoms with Crippen molar-refractivity contribution in [1.82, 2.24) is 15.0 Å². The molecule has 0 spiro atoms. The first kappa shape index (κ1) is 19.3. The first-order chi connectivity index (χ1) is 15.0. The molecule has 9 heteroatoms. The summed E-state index contributed by atoms with van der Waals surface area (Å²) in [5.74, 6) is -1.84. The lowest BCUT2D eigenvalue weighted by atomic mass is 9.97. The molecule has 1 saturated heterocycles. The predicted octanol–water partition coefficient (Wildman–Crippen LogP) is 4.37. The Morgan fingerprint density at radius 2 is 1.87 bits per heavy atom. The molecule has 1 unspecified atom stereocenters. The SMILES string of the molecule is O=C1C(=O)N(c2nc3ccc(Cl)cc3s2)C(c2cccnc2)/C1=C(\O)c1ccncc1. The molecule has 1 aromatic carbocycles. The highest BCUT2D eigenvalue weighted by Crippen LogP contribution is 2.44. The number of aromatic nitrogens is 3. The van der Waals surface area contributed by atoms with Gasteiger partial charge in [-0.15, -0.1) is 0 Å². The molecule has 1 amide bonds. The van der Waals surface area contributed by atoms with Crippen molar-refractivity contribution < 1.29 is 14.7 Å². The third kappa shape index (κ3) is 3.26. The van der Waals surface area contributed by atoms with E-state index in [9.17, 15) is 14.7 Å². The van der Waals surface area contributed by atoms with E-state index in [1.165, 1.54) is 28.6 Å². The molecule has 1 aliphatic rings. The second-order valence-electron chi connectivity index (χ2n) is 6.80. The van der Waals surface area contributed by atoms with Crippen molar-refractivity contribution in [1.29, 1.82) is 0 Å². The van der Waals surface area contributed by atoms with Crippen LogP contribution in [0.3, 0.4) is 0 Å². The smallest absolute Gasteiger partial charge is 0.301 e. The molecule has 5 rings (SSSR count). The highest BCUT2D eigenvalue weighted by Gasteiger charge is 2.48. The number of aliphatic hydroxyl groups excluding tert-OH is 1. The van der Waals surface area contributed by atoms with E-state index in [0.29, 0.717) is 26.8 Å². The van der Waals surface area contributed by atoms with Crippen molar-refractivity contribution >= 4 is 55.7 Å². The van der Waals surface area contributed by atoms with Crippen LogP contribution in [0.15, 0.2) is 72.8 Å². The van der Waals surface area contributed by atoms with E-state index in [1.807, 2.05) is 0 Å². The number of carbonyl (C=O) groups excluding carboxylic acids is 2. The zero-order valence-electron chi connectivity index (χ0n) is 15.8. The van der Waals surface area contributed by atoms with Gasteiger partial charge in [0.2, 0.25) is 0 Å². The van der Waals surface area contributed by atoms with Crippen LogP contribution in [-0.2, 0) is 9.59 Å². The number of aliphatic hydroxyl groups is 1. The number of carbonyl (C=O) groups is 2. The highest BCUT2D eigenvalue weighted by atomic mass is 35.5. The van der Waals surface area contributed by atoms with Gasteiger partial charge in [-0.25, -0.2) is 4.98 Å². The zero-order chi connectivity index (χ0) is 21.5. The fraction of sp³-hybridized carbons (Fsp3) is 0.0455. The van der Waals surface area contributed by atoms with Gasteiger partial charge >= 0.3 is 5.91 Å². The first-order valence-electron chi connectivity index (χ1n) is 9.22. The van der Waals surface area contributed by atoms with Crippen LogP contribution in [0, 0.1) is 0 Å². The number of thiazole rings is 1. The Bertz CT molecular complexity index is 1360. The van der Waals surface area contributed by atoms with Crippen molar-refractivity contribution in [3.63, 3.8) is 0 Å². The molecule has 3 aromatic heterocycles. The molecule has 0 aliphatic carbocycles. The van der Waals surface area contributed by atoms with Crippen LogP contribution in [0.25, 0.3) is 16.0 Å². The molecule has 1 N–H and O–H groups in total. The van der Waals surface area contributed by atoms with Gasteiger partial charge in [0.1, 0.15) is 5.76 Å². The highest BCUT2D eigenvalue weighted by molar-refractivity contribution is 7.22. The number of hydrogen-bond donors (Lipinski definition) is 1. The van der Waals surface area contributed by atoms with Crippen molar-refractivity contribution in [2.75, 3.05) is 4.90 Å². The molecule has 1 atom stereocenters. The zero-order valence-corrected chi connectivity index (χ0v) is 17.3. The van der Waals surface area contributed by atoms with Crippen LogP contribution in [0.4, 0.5) is 5.13 Å². The summed E-state index contributed by atoms with van der Waals surface area (Å²) in [7, 11) is 0. The summed E-state index contributed by atoms with van der Waals surface area (Å²) in [6.07, 6.45) is 6.16. The van der Waals surface area contributed by atoms with Gasteiger partial charge in [-0.3, -0.25) is 24.5 Å². The molecule has 7 nitrogen and oxygen atoms in total. The summed E-state index contributed by atoms with van der Waals surface area (Å²) in [5.41, 5.74) is 1.60. The maximum Gasteiger partial charge on any atom is 0.301 e. The van der Waals surface area contributed by atoms with E-state index >= 15 is 0 Å². The number of benzene rings is 1. The number of hydrogen-bond acceptors (Lipinski definition) is 7. The fourth-order valence-corrected chi connectivity index (χ4v) is 4.81. The molecule has 152 valence electrons. The number of anilines is 1. The van der Waals surface area contributed by atoms with Crippen molar-refractivity contribution in [3.05, 3.63) is 89.0 Å². The first-order valence-corrected chi connectivity index (χ1v) is 10.4. The number of ketones is 1. The molecule has 0 saturated carbocycles. The van der Waals surface area contributed by atoms with Crippen LogP contribution < -0.4 is 4.90 Å². The van der Waals surface area contributed by atoms with Crippen molar-refractivity contribution in [3.8, 4) is 0 Å². The Kier molecular flexibility index (Phi) is 4.72. The Hall–Kier alpha value is -3.62. The van der Waals surface area contributed by atoms with Gasteiger partial charge in [0, 0.05) is 35.4 Å². The van der Waals surface area contributed by atoms with E-state index in [2.05, 4.69) is 15.0 Å². The van der Waals surface area contributed by atoms with Crippen molar-refractivity contribution in [2.24, 2.45) is 0 Å². The summed E-state index contributed by atoms with van der Waals surface area (Å²) in [6, 6.07) is 10.9. The molecule has 1 fully saturated rings. The lowest BCUT2D eigenvalue weighted by molar-refractivity contribution is -0.132. The number of pyridine rings is 2. The maximum absolute atomic E-state index is 13.1. The third-order valence-corrected chi connectivity index (χ3v) is 6.20. The van der Waals surface area contributed by atoms with E-state index in [1.54, 1.807) is 54.9 Å². The minimum atomic E-state index is -0.877. The summed E-state index contributed by atoms with van der Waals surface area (Å²) < 4.78 is 0.781. The third-order valence-electron chi connectivity index (χ3n) is 4.94. The van der Waals surface area contributed by atoms with Crippen LogP contribution >= 0.6 is 22.9 Å². The van der Waals surface area contributed by atoms with Gasteiger partial charge in [-0.1, -0.05) is 29.0 Å². The average Bonchev–Trinajstić information content (AvgIpc) is 3.32. The molecule has 0 bridgehead atoms. The minimum absolute atomic E-state index is 0.0264. The second kappa shape index (κ2) is 7.57. The number of fused-ring (bicyclic) bond motifs is 1. The number of rotatable bonds is 3. The Balaban J connectivity index is 1.73. The molecule has 31 heavy (non-hydrogen) atoms. The van der Waals surface area contributed by atoms with Gasteiger partial charge in [0.15, 0.2) is 5.13 Å². The van der Waals surface area contributed by atoms with Crippen molar-refractivity contribution in [2.45, 2.75) is 6.04 Å². The monoisotopic (exact) mass is 448 g/mol. The Morgan fingerprint density at radius 3 is 2.61 bits per heavy atom. The summed E-state index contributed by atoms with van der Waals surface area (Å²) >= 11 is 7.33. The molecule has 1 aliphatic heterocycles. The molecule has 4 heterocycles. The molecular formula is C22H13ClN4O3S. The average molecular weight is 449 g/mol. The topological polar surface area (TPSA) is 96.3 Å². The predicted molar refractivity (Wildman–Crippen MR) is 118 cm³/mol. The van der Waals surface area contributed by atoms with Crippen LogP contribution in [-0.4, -0.2) is 31.7 Å². The second-order valence-corrected chi connectivity index (χ2v) is 8.25. The maximum atomic E-state index is 13.1. The summed E-state index contributed by atoms with van der Waals surface area (Å²) in [6.45, 7) is 0. The molecule has 4 aromatic rings. The van der Waals surface area contributed by atoms with Crippen LogP contribution in [0.1, 0.15) is 17.2 Å². The lowest BCUT2D eigenvalue weighted by Gasteiger charge is -2.22. The summed E-state index contributed by atoms with van der Waals surface area (Å²) in [4.78, 5) is 40.1. The molecular weight excluding hydrogens is 436 g/mol. The number of amides is 1. The van der Waals surface area contributed by atoms with Gasteiger partial charge < -0.3 is 5.11 Å². The van der Waals surface area contributed by atoms with Gasteiger partial charge in [-0.2, -0.15) is 0 Å². The van der Waals surface area contributed by atoms with Crippen LogP contribution in [0.2, 0.25) is 5.02 Å². The van der Waals surface area contributed by atoms with Gasteiger partial charge in [0.05, 0.1) is 21.8 Å². The van der Waals surface area contributed by atoms with Crippen LogP contribution in [0.5, 0.6) is 0 Å². The quantitative estimate of drug-likeness (QED) is 0.284. The van der Waals surface area contributed by atoms with Gasteiger partial charge in [-0.05, 0) is 42.0 Å². The fourth-order valence-electron chi connectivity index (χ4n) is 3.54. The number of halogens is 1. The van der Waals surface area contributed by atoms with E-state index in [4.69, 9.17) is 11.6 Å². The summed E-state index contributed by atoms with van der Waals surface area (Å²) in [5, 5.41) is 11.9. The molecule has 0 radical (unpaired) electrons. The Morgan fingerprint density at radius 1 is 1.06 bits per heavy atom. The Labute approximate surface area is 185 Å².